The number of likely N-dealkylation sites (tertiary alicyclic amines) is 1. The van der Waals surface area contributed by atoms with Crippen molar-refractivity contribution in [1.82, 2.24) is 14.9 Å². The molecule has 1 fully saturated rings. The van der Waals surface area contributed by atoms with Crippen LogP contribution in [0.3, 0.4) is 0 Å². The van der Waals surface area contributed by atoms with Gasteiger partial charge in [-0.05, 0) is 37.1 Å². The van der Waals surface area contributed by atoms with Gasteiger partial charge in [0.2, 0.25) is 0 Å². The molecule has 1 aromatic carbocycles. The second-order valence-electron chi connectivity index (χ2n) is 6.37. The molecule has 122 valence electrons. The van der Waals surface area contributed by atoms with E-state index in [1.165, 1.54) is 24.9 Å². The highest BCUT2D eigenvalue weighted by atomic mass is 15.2. The fourth-order valence-electron chi connectivity index (χ4n) is 3.50. The Kier molecular flexibility index (Phi) is 4.38. The lowest BCUT2D eigenvalue weighted by atomic mass is 10.2. The van der Waals surface area contributed by atoms with Crippen LogP contribution in [0.4, 0.5) is 5.82 Å². The number of aromatic nitrogens is 2. The molecule has 1 atom stereocenters. The zero-order valence-corrected chi connectivity index (χ0v) is 13.7. The highest BCUT2D eigenvalue weighted by Gasteiger charge is 2.24. The molecular weight excluding hydrogens is 296 g/mol. The molecule has 0 spiro atoms. The van der Waals surface area contributed by atoms with Gasteiger partial charge in [0.1, 0.15) is 5.52 Å². The summed E-state index contributed by atoms with van der Waals surface area (Å²) in [5.74, 6) is 0.889. The Morgan fingerprint density at radius 1 is 1.00 bits per heavy atom. The van der Waals surface area contributed by atoms with Crippen LogP contribution in [0.15, 0.2) is 60.9 Å². The third kappa shape index (κ3) is 3.24. The minimum Gasteiger partial charge on any atom is -0.367 e. The number of hydrogen-bond acceptors (Lipinski definition) is 4. The van der Waals surface area contributed by atoms with Crippen molar-refractivity contribution in [2.45, 2.75) is 25.4 Å². The van der Waals surface area contributed by atoms with Crippen LogP contribution in [0.5, 0.6) is 0 Å². The van der Waals surface area contributed by atoms with Gasteiger partial charge in [-0.15, -0.1) is 0 Å². The predicted molar refractivity (Wildman–Crippen MR) is 97.9 cm³/mol. The van der Waals surface area contributed by atoms with Crippen LogP contribution in [0.25, 0.3) is 10.9 Å². The molecule has 0 saturated carbocycles. The van der Waals surface area contributed by atoms with Gasteiger partial charge in [-0.1, -0.05) is 36.4 Å². The SMILES string of the molecule is c1ccc(CN2CCC[C@@H]2CNc2nccc3cccnc23)cc1. The van der Waals surface area contributed by atoms with Crippen molar-refractivity contribution < 1.29 is 0 Å². The van der Waals surface area contributed by atoms with Gasteiger partial charge in [0.15, 0.2) is 5.82 Å². The summed E-state index contributed by atoms with van der Waals surface area (Å²) in [5.41, 5.74) is 2.34. The topological polar surface area (TPSA) is 41.0 Å². The number of benzene rings is 1. The molecule has 3 aromatic rings. The summed E-state index contributed by atoms with van der Waals surface area (Å²) < 4.78 is 0. The molecule has 3 heterocycles. The number of nitrogens with zero attached hydrogens (tertiary/aromatic N) is 3. The van der Waals surface area contributed by atoms with Crippen molar-refractivity contribution in [3.63, 3.8) is 0 Å². The largest absolute Gasteiger partial charge is 0.367 e. The quantitative estimate of drug-likeness (QED) is 0.779. The van der Waals surface area contributed by atoms with Gasteiger partial charge in [0.05, 0.1) is 0 Å². The summed E-state index contributed by atoms with van der Waals surface area (Å²) in [6.07, 6.45) is 6.17. The maximum absolute atomic E-state index is 4.48. The van der Waals surface area contributed by atoms with Gasteiger partial charge in [-0.2, -0.15) is 0 Å². The van der Waals surface area contributed by atoms with E-state index in [0.29, 0.717) is 6.04 Å². The van der Waals surface area contributed by atoms with Crippen LogP contribution in [0.2, 0.25) is 0 Å². The predicted octanol–water partition coefficient (Wildman–Crippen LogP) is 3.71. The third-order valence-electron chi connectivity index (χ3n) is 4.75. The number of hydrogen-bond donors (Lipinski definition) is 1. The van der Waals surface area contributed by atoms with E-state index in [4.69, 9.17) is 0 Å². The summed E-state index contributed by atoms with van der Waals surface area (Å²) in [6, 6.07) is 17.3. The number of anilines is 1. The Hall–Kier alpha value is -2.46. The van der Waals surface area contributed by atoms with Gasteiger partial charge in [0.25, 0.3) is 0 Å². The van der Waals surface area contributed by atoms with E-state index in [2.05, 4.69) is 56.6 Å². The second-order valence-corrected chi connectivity index (χ2v) is 6.37. The molecule has 0 aliphatic carbocycles. The van der Waals surface area contributed by atoms with E-state index in [1.807, 2.05) is 24.5 Å². The van der Waals surface area contributed by atoms with E-state index in [-0.39, 0.29) is 0 Å². The Labute approximate surface area is 142 Å². The maximum atomic E-state index is 4.48. The smallest absolute Gasteiger partial charge is 0.152 e. The number of rotatable bonds is 5. The first kappa shape index (κ1) is 15.1. The second kappa shape index (κ2) is 6.97. The first-order valence-electron chi connectivity index (χ1n) is 8.62. The molecule has 0 radical (unpaired) electrons. The summed E-state index contributed by atoms with van der Waals surface area (Å²) in [6.45, 7) is 3.10. The van der Waals surface area contributed by atoms with E-state index >= 15 is 0 Å². The van der Waals surface area contributed by atoms with Crippen LogP contribution in [0, 0.1) is 0 Å². The molecule has 0 unspecified atom stereocenters. The molecule has 4 heteroatoms. The van der Waals surface area contributed by atoms with Crippen LogP contribution in [0.1, 0.15) is 18.4 Å². The zero-order chi connectivity index (χ0) is 16.2. The molecule has 1 N–H and O–H groups in total. The summed E-state index contributed by atoms with van der Waals surface area (Å²) in [5, 5.41) is 4.66. The summed E-state index contributed by atoms with van der Waals surface area (Å²) >= 11 is 0. The standard InChI is InChI=1S/C20H22N4/c1-2-6-16(7-3-1)15-24-13-5-9-18(24)14-23-20-19-17(10-12-22-20)8-4-11-21-19/h1-4,6-8,10-12,18H,5,9,13-15H2,(H,22,23)/t18-/m1/s1. The average molecular weight is 318 g/mol. The van der Waals surface area contributed by atoms with E-state index < -0.39 is 0 Å². The van der Waals surface area contributed by atoms with E-state index in [1.54, 1.807) is 0 Å². The number of fused-ring (bicyclic) bond motifs is 1. The van der Waals surface area contributed by atoms with Crippen LogP contribution in [-0.4, -0.2) is 34.0 Å². The summed E-state index contributed by atoms with van der Waals surface area (Å²) in [7, 11) is 0. The fourth-order valence-corrected chi connectivity index (χ4v) is 3.50. The van der Waals surface area contributed by atoms with Crippen LogP contribution in [-0.2, 0) is 6.54 Å². The normalized spacial score (nSPS) is 18.1. The van der Waals surface area contributed by atoms with Gasteiger partial charge in [-0.25, -0.2) is 4.98 Å². The maximum Gasteiger partial charge on any atom is 0.152 e. The molecule has 24 heavy (non-hydrogen) atoms. The monoisotopic (exact) mass is 318 g/mol. The van der Waals surface area contributed by atoms with Crippen LogP contribution < -0.4 is 5.32 Å². The molecule has 2 aromatic heterocycles. The summed E-state index contributed by atoms with van der Waals surface area (Å²) in [4.78, 5) is 11.5. The zero-order valence-electron chi connectivity index (χ0n) is 13.7. The lowest BCUT2D eigenvalue weighted by Crippen LogP contribution is -2.34. The lowest BCUT2D eigenvalue weighted by Gasteiger charge is -2.25. The molecule has 0 bridgehead atoms. The van der Waals surface area contributed by atoms with E-state index in [9.17, 15) is 0 Å². The van der Waals surface area contributed by atoms with Crippen molar-refractivity contribution in [2.24, 2.45) is 0 Å². The fraction of sp³-hybridized carbons (Fsp3) is 0.300. The number of nitrogens with one attached hydrogen (secondary N) is 1. The van der Waals surface area contributed by atoms with Crippen molar-refractivity contribution in [2.75, 3.05) is 18.4 Å². The van der Waals surface area contributed by atoms with Crippen molar-refractivity contribution >= 4 is 16.7 Å². The van der Waals surface area contributed by atoms with Gasteiger partial charge in [-0.3, -0.25) is 9.88 Å². The number of pyridine rings is 2. The van der Waals surface area contributed by atoms with Gasteiger partial charge >= 0.3 is 0 Å². The molecule has 1 aliphatic heterocycles. The minimum absolute atomic E-state index is 0.547. The Morgan fingerprint density at radius 2 is 1.92 bits per heavy atom. The lowest BCUT2D eigenvalue weighted by molar-refractivity contribution is 0.254. The molecular formula is C20H22N4. The van der Waals surface area contributed by atoms with Crippen molar-refractivity contribution in [3.8, 4) is 0 Å². The van der Waals surface area contributed by atoms with Gasteiger partial charge < -0.3 is 5.32 Å². The Bertz CT molecular complexity index is 798. The first-order valence-corrected chi connectivity index (χ1v) is 8.62. The minimum atomic E-state index is 0.547. The molecule has 1 aliphatic rings. The Morgan fingerprint density at radius 3 is 2.83 bits per heavy atom. The Balaban J connectivity index is 1.44. The van der Waals surface area contributed by atoms with E-state index in [0.717, 1.165) is 29.8 Å². The molecule has 4 nitrogen and oxygen atoms in total. The highest BCUT2D eigenvalue weighted by molar-refractivity contribution is 5.87. The van der Waals surface area contributed by atoms with Crippen molar-refractivity contribution in [1.29, 1.82) is 0 Å². The third-order valence-corrected chi connectivity index (χ3v) is 4.75. The average Bonchev–Trinajstić information content (AvgIpc) is 3.08. The van der Waals surface area contributed by atoms with Gasteiger partial charge in [0, 0.05) is 36.9 Å². The molecule has 4 rings (SSSR count). The molecule has 1 saturated heterocycles. The van der Waals surface area contributed by atoms with Crippen LogP contribution >= 0.6 is 0 Å². The first-order chi connectivity index (χ1) is 11.9. The highest BCUT2D eigenvalue weighted by Crippen LogP contribution is 2.22. The molecule has 0 amide bonds. The van der Waals surface area contributed by atoms with Crippen molar-refractivity contribution in [3.05, 3.63) is 66.5 Å².